The molecule has 1 N–H and O–H groups in total. The number of aromatic nitrogens is 2. The van der Waals surface area contributed by atoms with Gasteiger partial charge < -0.3 is 5.32 Å². The molecule has 2 aromatic rings. The van der Waals surface area contributed by atoms with Crippen LogP contribution in [0, 0.1) is 6.92 Å². The Balaban J connectivity index is 2.21. The van der Waals surface area contributed by atoms with Crippen molar-refractivity contribution in [2.75, 3.05) is 5.32 Å². The van der Waals surface area contributed by atoms with Crippen molar-refractivity contribution in [2.45, 2.75) is 33.4 Å². The number of nitrogens with zero attached hydrogens (tertiary/aromatic N) is 2. The molecule has 0 radical (unpaired) electrons. The molecule has 0 aliphatic heterocycles. The summed E-state index contributed by atoms with van der Waals surface area (Å²) in [5.41, 5.74) is 3.47. The Hall–Kier alpha value is -0.810. The van der Waals surface area contributed by atoms with Crippen LogP contribution >= 0.6 is 31.9 Å². The van der Waals surface area contributed by atoms with Gasteiger partial charge in [-0.05, 0) is 70.3 Å². The predicted molar refractivity (Wildman–Crippen MR) is 86.5 cm³/mol. The molecule has 0 fully saturated rings. The molecule has 0 saturated heterocycles. The zero-order chi connectivity index (χ0) is 14.0. The third-order valence-electron chi connectivity index (χ3n) is 3.02. The van der Waals surface area contributed by atoms with Crippen molar-refractivity contribution in [1.82, 2.24) is 9.78 Å². The standard InChI is InChI=1S/C14H17Br2N3/c1-4-19-8-11(7-17-19)10(3)18-14-12(15)5-9(2)6-13(14)16/h5-8,10,18H,4H2,1-3H3. The van der Waals surface area contributed by atoms with Crippen LogP contribution in [0.3, 0.4) is 0 Å². The largest absolute Gasteiger partial charge is 0.377 e. The normalized spacial score (nSPS) is 12.5. The van der Waals surface area contributed by atoms with E-state index in [1.807, 2.05) is 10.9 Å². The van der Waals surface area contributed by atoms with E-state index in [-0.39, 0.29) is 6.04 Å². The van der Waals surface area contributed by atoms with Crippen molar-refractivity contribution in [3.8, 4) is 0 Å². The lowest BCUT2D eigenvalue weighted by Crippen LogP contribution is -2.07. The number of anilines is 1. The maximum Gasteiger partial charge on any atom is 0.0633 e. The van der Waals surface area contributed by atoms with Gasteiger partial charge in [0.1, 0.15) is 0 Å². The molecular formula is C14H17Br2N3. The molecule has 0 amide bonds. The molecule has 3 nitrogen and oxygen atoms in total. The lowest BCUT2D eigenvalue weighted by molar-refractivity contribution is 0.658. The lowest BCUT2D eigenvalue weighted by atomic mass is 10.1. The van der Waals surface area contributed by atoms with Gasteiger partial charge in [0, 0.05) is 27.3 Å². The van der Waals surface area contributed by atoms with Gasteiger partial charge in [0.15, 0.2) is 0 Å². The van der Waals surface area contributed by atoms with Crippen molar-refractivity contribution in [3.63, 3.8) is 0 Å². The number of hydrogen-bond donors (Lipinski definition) is 1. The quantitative estimate of drug-likeness (QED) is 0.808. The van der Waals surface area contributed by atoms with Gasteiger partial charge in [0.2, 0.25) is 0 Å². The molecule has 0 aliphatic rings. The summed E-state index contributed by atoms with van der Waals surface area (Å²) in [5.74, 6) is 0. The van der Waals surface area contributed by atoms with E-state index in [0.717, 1.165) is 21.2 Å². The van der Waals surface area contributed by atoms with Gasteiger partial charge in [-0.1, -0.05) is 0 Å². The zero-order valence-electron chi connectivity index (χ0n) is 11.2. The van der Waals surface area contributed by atoms with Crippen molar-refractivity contribution in [3.05, 3.63) is 44.6 Å². The SMILES string of the molecule is CCn1cc(C(C)Nc2c(Br)cc(C)cc2Br)cn1. The van der Waals surface area contributed by atoms with Crippen molar-refractivity contribution >= 4 is 37.5 Å². The van der Waals surface area contributed by atoms with E-state index in [2.05, 4.69) is 81.4 Å². The van der Waals surface area contributed by atoms with Gasteiger partial charge >= 0.3 is 0 Å². The number of benzene rings is 1. The minimum atomic E-state index is 0.204. The summed E-state index contributed by atoms with van der Waals surface area (Å²) in [7, 11) is 0. The Bertz CT molecular complexity index is 555. The van der Waals surface area contributed by atoms with Crippen LogP contribution in [0.15, 0.2) is 33.5 Å². The van der Waals surface area contributed by atoms with Gasteiger partial charge in [-0.2, -0.15) is 5.10 Å². The van der Waals surface area contributed by atoms with E-state index in [4.69, 9.17) is 0 Å². The third kappa shape index (κ3) is 3.39. The average Bonchev–Trinajstić information content (AvgIpc) is 2.82. The van der Waals surface area contributed by atoms with Gasteiger partial charge in [0.25, 0.3) is 0 Å². The van der Waals surface area contributed by atoms with Crippen LogP contribution in [0.2, 0.25) is 0 Å². The Morgan fingerprint density at radius 1 is 1.32 bits per heavy atom. The second kappa shape index (κ2) is 6.09. The molecule has 19 heavy (non-hydrogen) atoms. The number of halogens is 2. The number of nitrogens with one attached hydrogen (secondary N) is 1. The first-order valence-corrected chi connectivity index (χ1v) is 7.84. The highest BCUT2D eigenvalue weighted by Gasteiger charge is 2.12. The molecule has 0 aliphatic carbocycles. The van der Waals surface area contributed by atoms with Crippen molar-refractivity contribution < 1.29 is 0 Å². The fourth-order valence-electron chi connectivity index (χ4n) is 1.91. The Kier molecular flexibility index (Phi) is 4.68. The third-order valence-corrected chi connectivity index (χ3v) is 4.28. The Morgan fingerprint density at radius 2 is 1.95 bits per heavy atom. The van der Waals surface area contributed by atoms with Crippen LogP contribution in [-0.4, -0.2) is 9.78 Å². The fraction of sp³-hybridized carbons (Fsp3) is 0.357. The molecule has 0 bridgehead atoms. The van der Waals surface area contributed by atoms with E-state index in [1.54, 1.807) is 0 Å². The van der Waals surface area contributed by atoms with Gasteiger partial charge in [-0.3, -0.25) is 4.68 Å². The summed E-state index contributed by atoms with van der Waals surface area (Å²) in [6, 6.07) is 4.42. The summed E-state index contributed by atoms with van der Waals surface area (Å²) in [5, 5.41) is 7.82. The maximum absolute atomic E-state index is 4.31. The molecule has 1 aromatic carbocycles. The van der Waals surface area contributed by atoms with E-state index < -0.39 is 0 Å². The first-order chi connectivity index (χ1) is 9.01. The molecular weight excluding hydrogens is 370 g/mol. The van der Waals surface area contributed by atoms with Gasteiger partial charge in [-0.15, -0.1) is 0 Å². The Morgan fingerprint density at radius 3 is 2.47 bits per heavy atom. The van der Waals surface area contributed by atoms with E-state index in [9.17, 15) is 0 Å². The molecule has 2 rings (SSSR count). The molecule has 1 atom stereocenters. The van der Waals surface area contributed by atoms with Crippen LogP contribution in [0.25, 0.3) is 0 Å². The highest BCUT2D eigenvalue weighted by Crippen LogP contribution is 2.34. The molecule has 5 heteroatoms. The van der Waals surface area contributed by atoms with Gasteiger partial charge in [0.05, 0.1) is 17.9 Å². The van der Waals surface area contributed by atoms with Crippen LogP contribution in [0.1, 0.15) is 31.0 Å². The van der Waals surface area contributed by atoms with Crippen LogP contribution < -0.4 is 5.32 Å². The van der Waals surface area contributed by atoms with E-state index >= 15 is 0 Å². The maximum atomic E-state index is 4.31. The number of rotatable bonds is 4. The summed E-state index contributed by atoms with van der Waals surface area (Å²) in [6.45, 7) is 7.19. The van der Waals surface area contributed by atoms with E-state index in [0.29, 0.717) is 0 Å². The monoisotopic (exact) mass is 385 g/mol. The summed E-state index contributed by atoms with van der Waals surface area (Å²) >= 11 is 7.21. The van der Waals surface area contributed by atoms with Crippen LogP contribution in [0.4, 0.5) is 5.69 Å². The first-order valence-electron chi connectivity index (χ1n) is 6.25. The van der Waals surface area contributed by atoms with Crippen LogP contribution in [0.5, 0.6) is 0 Å². The van der Waals surface area contributed by atoms with Crippen molar-refractivity contribution in [2.24, 2.45) is 0 Å². The second-order valence-electron chi connectivity index (χ2n) is 4.60. The van der Waals surface area contributed by atoms with Crippen molar-refractivity contribution in [1.29, 1.82) is 0 Å². The summed E-state index contributed by atoms with van der Waals surface area (Å²) in [6.07, 6.45) is 3.99. The Labute approximate surface area is 130 Å². The minimum Gasteiger partial charge on any atom is -0.377 e. The predicted octanol–water partition coefficient (Wildman–Crippen LogP) is 4.91. The molecule has 1 heterocycles. The highest BCUT2D eigenvalue weighted by atomic mass is 79.9. The highest BCUT2D eigenvalue weighted by molar-refractivity contribution is 9.11. The summed E-state index contributed by atoms with van der Waals surface area (Å²) < 4.78 is 4.07. The molecule has 102 valence electrons. The fourth-order valence-corrected chi connectivity index (χ4v) is 3.56. The number of hydrogen-bond acceptors (Lipinski definition) is 2. The number of aryl methyl sites for hydroxylation is 2. The minimum absolute atomic E-state index is 0.204. The average molecular weight is 387 g/mol. The zero-order valence-corrected chi connectivity index (χ0v) is 14.4. The summed E-state index contributed by atoms with van der Waals surface area (Å²) in [4.78, 5) is 0. The van der Waals surface area contributed by atoms with Crippen LogP contribution in [-0.2, 0) is 6.54 Å². The second-order valence-corrected chi connectivity index (χ2v) is 6.31. The molecule has 0 spiro atoms. The topological polar surface area (TPSA) is 29.9 Å². The smallest absolute Gasteiger partial charge is 0.0633 e. The molecule has 1 unspecified atom stereocenters. The molecule has 0 saturated carbocycles. The van der Waals surface area contributed by atoms with E-state index in [1.165, 1.54) is 11.1 Å². The lowest BCUT2D eigenvalue weighted by Gasteiger charge is -2.17. The van der Waals surface area contributed by atoms with Gasteiger partial charge in [-0.25, -0.2) is 0 Å². The first kappa shape index (κ1) is 14.6. The molecule has 1 aromatic heterocycles.